The summed E-state index contributed by atoms with van der Waals surface area (Å²) >= 11 is 6.70. The number of hydrogen-bond acceptors (Lipinski definition) is 2. The Morgan fingerprint density at radius 3 is 2.80 bits per heavy atom. The molecule has 1 atom stereocenters. The number of hydrogen-bond donors (Lipinski definition) is 2. The summed E-state index contributed by atoms with van der Waals surface area (Å²) in [6, 6.07) is 5.47. The molecule has 5 heteroatoms. The molecule has 1 unspecified atom stereocenters. The van der Waals surface area contributed by atoms with Crippen LogP contribution in [0.3, 0.4) is 0 Å². The number of carbonyl (C=O) groups excluding carboxylic acids is 1. The molecule has 1 amide bonds. The second-order valence-electron chi connectivity index (χ2n) is 3.35. The number of nitrogens with one attached hydrogen (secondary N) is 1. The summed E-state index contributed by atoms with van der Waals surface area (Å²) in [5.41, 5.74) is 6.28. The lowest BCUT2D eigenvalue weighted by molar-refractivity contribution is -0.116. The fourth-order valence-corrected chi connectivity index (χ4v) is 1.79. The molecule has 1 aromatic rings. The molecule has 0 aliphatic carbocycles. The summed E-state index contributed by atoms with van der Waals surface area (Å²) in [4.78, 5) is 11.5. The van der Waals surface area contributed by atoms with Crippen molar-refractivity contribution in [2.24, 2.45) is 5.73 Å². The molecule has 0 fully saturated rings. The molecule has 0 spiro atoms. The number of benzene rings is 1. The van der Waals surface area contributed by atoms with Crippen molar-refractivity contribution in [2.45, 2.75) is 19.4 Å². The maximum absolute atomic E-state index is 11.5. The lowest BCUT2D eigenvalue weighted by atomic mass is 10.2. The standard InChI is InChI=1S/C10H12Br2N2O/c1-6(13)4-10(15)14-9-5-7(11)2-3-8(9)12/h2-3,5-6H,4,13H2,1H3,(H,14,15). The molecule has 0 saturated carbocycles. The SMILES string of the molecule is CC(N)CC(=O)Nc1cc(Br)ccc1Br. The summed E-state index contributed by atoms with van der Waals surface area (Å²) < 4.78 is 1.77. The van der Waals surface area contributed by atoms with Crippen molar-refractivity contribution in [3.8, 4) is 0 Å². The second kappa shape index (κ2) is 5.63. The molecule has 0 saturated heterocycles. The summed E-state index contributed by atoms with van der Waals surface area (Å²) in [6.45, 7) is 1.80. The smallest absolute Gasteiger partial charge is 0.225 e. The topological polar surface area (TPSA) is 55.1 Å². The molecule has 15 heavy (non-hydrogen) atoms. The molecule has 1 aromatic carbocycles. The van der Waals surface area contributed by atoms with Crippen LogP contribution in [0.2, 0.25) is 0 Å². The number of nitrogens with two attached hydrogens (primary N) is 1. The second-order valence-corrected chi connectivity index (χ2v) is 5.12. The summed E-state index contributed by atoms with van der Waals surface area (Å²) in [7, 11) is 0. The van der Waals surface area contributed by atoms with Gasteiger partial charge in [-0.05, 0) is 41.1 Å². The van der Waals surface area contributed by atoms with E-state index in [1.54, 1.807) is 6.92 Å². The van der Waals surface area contributed by atoms with Crippen molar-refractivity contribution in [1.82, 2.24) is 0 Å². The van der Waals surface area contributed by atoms with Crippen molar-refractivity contribution >= 4 is 43.5 Å². The molecule has 82 valence electrons. The fraction of sp³-hybridized carbons (Fsp3) is 0.300. The summed E-state index contributed by atoms with van der Waals surface area (Å²) in [5, 5.41) is 2.79. The average molecular weight is 336 g/mol. The third-order valence-electron chi connectivity index (χ3n) is 1.71. The van der Waals surface area contributed by atoms with Crippen molar-refractivity contribution in [3.05, 3.63) is 27.1 Å². The first-order chi connectivity index (χ1) is 6.99. The lowest BCUT2D eigenvalue weighted by Gasteiger charge is -2.09. The van der Waals surface area contributed by atoms with E-state index < -0.39 is 0 Å². The van der Waals surface area contributed by atoms with Gasteiger partial charge in [-0.25, -0.2) is 0 Å². The van der Waals surface area contributed by atoms with Crippen molar-refractivity contribution in [2.75, 3.05) is 5.32 Å². The van der Waals surface area contributed by atoms with Gasteiger partial charge in [0.05, 0.1) is 5.69 Å². The number of carbonyl (C=O) groups is 1. The van der Waals surface area contributed by atoms with Crippen LogP contribution in [-0.4, -0.2) is 11.9 Å². The molecule has 0 aromatic heterocycles. The van der Waals surface area contributed by atoms with E-state index >= 15 is 0 Å². The Morgan fingerprint density at radius 2 is 2.20 bits per heavy atom. The number of halogens is 2. The van der Waals surface area contributed by atoms with Gasteiger partial charge in [0.15, 0.2) is 0 Å². The predicted molar refractivity (Wildman–Crippen MR) is 68.7 cm³/mol. The van der Waals surface area contributed by atoms with E-state index in [4.69, 9.17) is 5.73 Å². The Labute approximate surface area is 106 Å². The van der Waals surface area contributed by atoms with E-state index in [2.05, 4.69) is 37.2 Å². The zero-order valence-electron chi connectivity index (χ0n) is 8.26. The average Bonchev–Trinajstić information content (AvgIpc) is 2.10. The van der Waals surface area contributed by atoms with E-state index in [1.165, 1.54) is 0 Å². The zero-order chi connectivity index (χ0) is 11.4. The molecule has 1 rings (SSSR count). The first kappa shape index (κ1) is 12.7. The molecule has 0 bridgehead atoms. The zero-order valence-corrected chi connectivity index (χ0v) is 11.4. The molecular formula is C10H12Br2N2O. The van der Waals surface area contributed by atoms with Crippen LogP contribution in [0.15, 0.2) is 27.1 Å². The highest BCUT2D eigenvalue weighted by Crippen LogP contribution is 2.26. The highest BCUT2D eigenvalue weighted by atomic mass is 79.9. The molecule has 0 aliphatic rings. The third kappa shape index (κ3) is 4.32. The Morgan fingerprint density at radius 1 is 1.53 bits per heavy atom. The third-order valence-corrected chi connectivity index (χ3v) is 2.89. The van der Waals surface area contributed by atoms with E-state index in [0.717, 1.165) is 14.6 Å². The van der Waals surface area contributed by atoms with Crippen LogP contribution in [0.1, 0.15) is 13.3 Å². The minimum absolute atomic E-state index is 0.0798. The van der Waals surface area contributed by atoms with E-state index in [1.807, 2.05) is 18.2 Å². The Hall–Kier alpha value is -0.390. The van der Waals surface area contributed by atoms with Gasteiger partial charge in [-0.2, -0.15) is 0 Å². The molecule has 0 aliphatic heterocycles. The van der Waals surface area contributed by atoms with Crippen LogP contribution in [0.5, 0.6) is 0 Å². The van der Waals surface area contributed by atoms with Gasteiger partial charge in [-0.1, -0.05) is 15.9 Å². The number of anilines is 1. The Balaban J connectivity index is 2.71. The Bertz CT molecular complexity index is 366. The number of amides is 1. The van der Waals surface area contributed by atoms with Gasteiger partial charge in [0.2, 0.25) is 5.91 Å². The molecule has 3 nitrogen and oxygen atoms in total. The van der Waals surface area contributed by atoms with Crippen LogP contribution < -0.4 is 11.1 Å². The van der Waals surface area contributed by atoms with Crippen LogP contribution in [0.25, 0.3) is 0 Å². The number of rotatable bonds is 3. The van der Waals surface area contributed by atoms with E-state index in [-0.39, 0.29) is 11.9 Å². The minimum atomic E-state index is -0.129. The van der Waals surface area contributed by atoms with Gasteiger partial charge < -0.3 is 11.1 Å². The molecule has 0 radical (unpaired) electrons. The maximum Gasteiger partial charge on any atom is 0.225 e. The van der Waals surface area contributed by atoms with Crippen molar-refractivity contribution < 1.29 is 4.79 Å². The van der Waals surface area contributed by atoms with Gasteiger partial charge >= 0.3 is 0 Å². The quantitative estimate of drug-likeness (QED) is 0.892. The summed E-state index contributed by atoms with van der Waals surface area (Å²) in [5.74, 6) is -0.0798. The van der Waals surface area contributed by atoms with Gasteiger partial charge in [0.1, 0.15) is 0 Å². The fourth-order valence-electron chi connectivity index (χ4n) is 1.09. The van der Waals surface area contributed by atoms with Gasteiger partial charge in [0, 0.05) is 21.4 Å². The lowest BCUT2D eigenvalue weighted by Crippen LogP contribution is -2.24. The highest BCUT2D eigenvalue weighted by molar-refractivity contribution is 9.11. The van der Waals surface area contributed by atoms with Crippen molar-refractivity contribution in [1.29, 1.82) is 0 Å². The highest BCUT2D eigenvalue weighted by Gasteiger charge is 2.07. The minimum Gasteiger partial charge on any atom is -0.327 e. The first-order valence-electron chi connectivity index (χ1n) is 4.49. The van der Waals surface area contributed by atoms with Crippen LogP contribution in [-0.2, 0) is 4.79 Å². The van der Waals surface area contributed by atoms with Gasteiger partial charge in [-0.3, -0.25) is 4.79 Å². The van der Waals surface area contributed by atoms with Gasteiger partial charge in [-0.15, -0.1) is 0 Å². The van der Waals surface area contributed by atoms with Crippen LogP contribution >= 0.6 is 31.9 Å². The van der Waals surface area contributed by atoms with E-state index in [9.17, 15) is 4.79 Å². The predicted octanol–water partition coefficient (Wildman–Crippen LogP) is 2.89. The maximum atomic E-state index is 11.5. The van der Waals surface area contributed by atoms with Gasteiger partial charge in [0.25, 0.3) is 0 Å². The molecular weight excluding hydrogens is 324 g/mol. The van der Waals surface area contributed by atoms with Crippen LogP contribution in [0.4, 0.5) is 5.69 Å². The van der Waals surface area contributed by atoms with E-state index in [0.29, 0.717) is 6.42 Å². The van der Waals surface area contributed by atoms with Crippen LogP contribution in [0, 0.1) is 0 Å². The normalized spacial score (nSPS) is 12.3. The molecule has 3 N–H and O–H groups in total. The first-order valence-corrected chi connectivity index (χ1v) is 6.08. The Kier molecular flexibility index (Phi) is 4.76. The molecule has 0 heterocycles. The summed E-state index contributed by atoms with van der Waals surface area (Å²) in [6.07, 6.45) is 0.318. The monoisotopic (exact) mass is 334 g/mol. The van der Waals surface area contributed by atoms with Crippen molar-refractivity contribution in [3.63, 3.8) is 0 Å². The largest absolute Gasteiger partial charge is 0.327 e.